The SMILES string of the molecule is CCOc1cc(/C=N\NC(N)=S)ccc1OC(C)=O. The van der Waals surface area contributed by atoms with Crippen molar-refractivity contribution in [3.63, 3.8) is 0 Å². The van der Waals surface area contributed by atoms with Crippen molar-refractivity contribution in [2.45, 2.75) is 13.8 Å². The quantitative estimate of drug-likeness (QED) is 0.277. The fourth-order valence-corrected chi connectivity index (χ4v) is 1.34. The first-order chi connectivity index (χ1) is 9.02. The first-order valence-corrected chi connectivity index (χ1v) is 5.97. The van der Waals surface area contributed by atoms with Gasteiger partial charge in [-0.1, -0.05) is 0 Å². The topological polar surface area (TPSA) is 85.9 Å². The molecule has 0 saturated heterocycles. The molecule has 0 saturated carbocycles. The van der Waals surface area contributed by atoms with Crippen LogP contribution in [0.1, 0.15) is 19.4 Å². The molecule has 0 fully saturated rings. The summed E-state index contributed by atoms with van der Waals surface area (Å²) in [7, 11) is 0. The summed E-state index contributed by atoms with van der Waals surface area (Å²) in [5.74, 6) is 0.434. The lowest BCUT2D eigenvalue weighted by molar-refractivity contribution is -0.132. The van der Waals surface area contributed by atoms with Crippen molar-refractivity contribution in [3.8, 4) is 11.5 Å². The molecule has 0 bridgehead atoms. The molecule has 0 heterocycles. The zero-order chi connectivity index (χ0) is 14.3. The van der Waals surface area contributed by atoms with Gasteiger partial charge in [-0.15, -0.1) is 0 Å². The molecule has 1 aromatic carbocycles. The van der Waals surface area contributed by atoms with Gasteiger partial charge in [0.25, 0.3) is 0 Å². The molecule has 1 aromatic rings. The van der Waals surface area contributed by atoms with Gasteiger partial charge in [0, 0.05) is 6.92 Å². The number of nitrogens with zero attached hydrogens (tertiary/aromatic N) is 1. The van der Waals surface area contributed by atoms with Crippen LogP contribution in [0.5, 0.6) is 11.5 Å². The summed E-state index contributed by atoms with van der Waals surface area (Å²) in [4.78, 5) is 11.0. The van der Waals surface area contributed by atoms with Crippen LogP contribution in [-0.4, -0.2) is 23.9 Å². The van der Waals surface area contributed by atoms with Crippen molar-refractivity contribution in [2.24, 2.45) is 10.8 Å². The Morgan fingerprint density at radius 2 is 2.26 bits per heavy atom. The molecule has 6 nitrogen and oxygen atoms in total. The smallest absolute Gasteiger partial charge is 0.308 e. The molecule has 1 rings (SSSR count). The summed E-state index contributed by atoms with van der Waals surface area (Å²) >= 11 is 4.62. The zero-order valence-corrected chi connectivity index (χ0v) is 11.5. The average Bonchev–Trinajstić information content (AvgIpc) is 2.31. The molecule has 3 N–H and O–H groups in total. The highest BCUT2D eigenvalue weighted by molar-refractivity contribution is 7.80. The fourth-order valence-electron chi connectivity index (χ4n) is 1.28. The van der Waals surface area contributed by atoms with E-state index in [1.54, 1.807) is 18.2 Å². The standard InChI is InChI=1S/C12H15N3O3S/c1-3-17-11-6-9(7-14-15-12(13)19)4-5-10(11)18-8(2)16/h4-7H,3H2,1-2H3,(H3,13,15,19)/b14-7-. The number of hydrogen-bond acceptors (Lipinski definition) is 5. The molecule has 0 aliphatic carbocycles. The normalized spacial score (nSPS) is 10.2. The zero-order valence-electron chi connectivity index (χ0n) is 10.7. The summed E-state index contributed by atoms with van der Waals surface area (Å²) in [6.45, 7) is 3.63. The number of nitrogens with one attached hydrogen (secondary N) is 1. The van der Waals surface area contributed by atoms with Gasteiger partial charge in [0.2, 0.25) is 0 Å². The fraction of sp³-hybridized carbons (Fsp3) is 0.250. The van der Waals surface area contributed by atoms with Gasteiger partial charge in [-0.2, -0.15) is 5.10 Å². The Bertz CT molecular complexity index is 503. The third kappa shape index (κ3) is 5.35. The molecular weight excluding hydrogens is 266 g/mol. The summed E-state index contributed by atoms with van der Waals surface area (Å²) in [5, 5.41) is 3.91. The molecule has 0 radical (unpaired) electrons. The molecule has 0 amide bonds. The number of rotatable bonds is 5. The minimum Gasteiger partial charge on any atom is -0.490 e. The Balaban J connectivity index is 2.91. The Kier molecular flexibility index (Phi) is 5.74. The van der Waals surface area contributed by atoms with Crippen molar-refractivity contribution in [1.29, 1.82) is 0 Å². The molecule has 102 valence electrons. The number of hydrazone groups is 1. The van der Waals surface area contributed by atoms with Gasteiger partial charge in [0.15, 0.2) is 16.6 Å². The van der Waals surface area contributed by atoms with E-state index in [9.17, 15) is 4.79 Å². The molecule has 19 heavy (non-hydrogen) atoms. The molecule has 0 aliphatic rings. The number of thiocarbonyl (C=S) groups is 1. The molecule has 0 aromatic heterocycles. The second kappa shape index (κ2) is 7.32. The van der Waals surface area contributed by atoms with E-state index in [-0.39, 0.29) is 5.11 Å². The van der Waals surface area contributed by atoms with Crippen molar-refractivity contribution < 1.29 is 14.3 Å². The van der Waals surface area contributed by atoms with Crippen molar-refractivity contribution >= 4 is 29.5 Å². The summed E-state index contributed by atoms with van der Waals surface area (Å²) in [5.41, 5.74) is 8.44. The number of carbonyl (C=O) groups is 1. The van der Waals surface area contributed by atoms with Crippen LogP contribution in [0, 0.1) is 0 Å². The van der Waals surface area contributed by atoms with E-state index in [4.69, 9.17) is 15.2 Å². The Labute approximate surface area is 116 Å². The van der Waals surface area contributed by atoms with Crippen LogP contribution < -0.4 is 20.6 Å². The highest BCUT2D eigenvalue weighted by atomic mass is 32.1. The highest BCUT2D eigenvalue weighted by Crippen LogP contribution is 2.28. The van der Waals surface area contributed by atoms with Crippen LogP contribution in [0.4, 0.5) is 0 Å². The number of esters is 1. The minimum absolute atomic E-state index is 0.0813. The lowest BCUT2D eigenvalue weighted by atomic mass is 10.2. The van der Waals surface area contributed by atoms with Crippen LogP contribution in [0.2, 0.25) is 0 Å². The lowest BCUT2D eigenvalue weighted by Crippen LogP contribution is -2.23. The first-order valence-electron chi connectivity index (χ1n) is 5.56. The van der Waals surface area contributed by atoms with Crippen molar-refractivity contribution in [3.05, 3.63) is 23.8 Å². The molecule has 0 aliphatic heterocycles. The van der Waals surface area contributed by atoms with Crippen LogP contribution in [0.25, 0.3) is 0 Å². The van der Waals surface area contributed by atoms with E-state index < -0.39 is 5.97 Å². The largest absolute Gasteiger partial charge is 0.490 e. The number of hydrogen-bond donors (Lipinski definition) is 2. The number of benzene rings is 1. The maximum absolute atomic E-state index is 11.0. The maximum atomic E-state index is 11.0. The highest BCUT2D eigenvalue weighted by Gasteiger charge is 2.07. The van der Waals surface area contributed by atoms with Gasteiger partial charge in [-0.3, -0.25) is 10.2 Å². The van der Waals surface area contributed by atoms with Crippen LogP contribution in [0.3, 0.4) is 0 Å². The Morgan fingerprint density at radius 1 is 1.53 bits per heavy atom. The third-order valence-electron chi connectivity index (χ3n) is 1.91. The molecule has 7 heteroatoms. The van der Waals surface area contributed by atoms with E-state index >= 15 is 0 Å². The Morgan fingerprint density at radius 3 is 2.84 bits per heavy atom. The number of carbonyl (C=O) groups excluding carboxylic acids is 1. The minimum atomic E-state index is -0.405. The Hall–Kier alpha value is -2.15. The van der Waals surface area contributed by atoms with Crippen LogP contribution in [0.15, 0.2) is 23.3 Å². The molecule has 0 unspecified atom stereocenters. The summed E-state index contributed by atoms with van der Waals surface area (Å²) in [6, 6.07) is 5.06. The molecule has 0 spiro atoms. The predicted molar refractivity (Wildman–Crippen MR) is 76.4 cm³/mol. The van der Waals surface area contributed by atoms with Gasteiger partial charge >= 0.3 is 5.97 Å². The van der Waals surface area contributed by atoms with E-state index in [1.165, 1.54) is 13.1 Å². The molecule has 0 atom stereocenters. The second-order valence-corrected chi connectivity index (χ2v) is 3.91. The number of nitrogens with two attached hydrogens (primary N) is 1. The second-order valence-electron chi connectivity index (χ2n) is 3.47. The van der Waals surface area contributed by atoms with Gasteiger partial charge in [-0.05, 0) is 42.9 Å². The summed E-state index contributed by atoms with van der Waals surface area (Å²) in [6.07, 6.45) is 1.53. The van der Waals surface area contributed by atoms with Gasteiger partial charge < -0.3 is 15.2 Å². The lowest BCUT2D eigenvalue weighted by Gasteiger charge is -2.10. The summed E-state index contributed by atoms with van der Waals surface area (Å²) < 4.78 is 10.4. The van der Waals surface area contributed by atoms with Gasteiger partial charge in [0.1, 0.15) is 0 Å². The van der Waals surface area contributed by atoms with E-state index in [1.807, 2.05) is 6.92 Å². The van der Waals surface area contributed by atoms with Crippen molar-refractivity contribution in [1.82, 2.24) is 5.43 Å². The average molecular weight is 281 g/mol. The van der Waals surface area contributed by atoms with Crippen molar-refractivity contribution in [2.75, 3.05) is 6.61 Å². The maximum Gasteiger partial charge on any atom is 0.308 e. The first kappa shape index (κ1) is 14.9. The van der Waals surface area contributed by atoms with E-state index in [2.05, 4.69) is 22.7 Å². The monoisotopic (exact) mass is 281 g/mol. The van der Waals surface area contributed by atoms with Gasteiger partial charge in [0.05, 0.1) is 12.8 Å². The molecular formula is C12H15N3O3S. The van der Waals surface area contributed by atoms with Crippen LogP contribution in [-0.2, 0) is 4.79 Å². The van der Waals surface area contributed by atoms with Gasteiger partial charge in [-0.25, -0.2) is 0 Å². The van der Waals surface area contributed by atoms with Crippen LogP contribution >= 0.6 is 12.2 Å². The van der Waals surface area contributed by atoms with E-state index in [0.717, 1.165) is 5.56 Å². The number of ether oxygens (including phenoxy) is 2. The van der Waals surface area contributed by atoms with E-state index in [0.29, 0.717) is 18.1 Å². The third-order valence-corrected chi connectivity index (χ3v) is 2.00. The predicted octanol–water partition coefficient (Wildman–Crippen LogP) is 1.18.